The maximum Gasteiger partial charge on any atom is 0.303 e. The molecule has 0 aliphatic rings. The molecule has 4 N–H and O–H groups in total. The van der Waals surface area contributed by atoms with E-state index in [9.17, 15) is 4.79 Å². The number of carbonyl (C=O) groups is 1. The quantitative estimate of drug-likeness (QED) is 0.459. The van der Waals surface area contributed by atoms with Gasteiger partial charge in [-0.2, -0.15) is 0 Å². The van der Waals surface area contributed by atoms with Crippen molar-refractivity contribution in [2.45, 2.75) is 12.8 Å². The Kier molecular flexibility index (Phi) is 4.34. The molecule has 27 heavy (non-hydrogen) atoms. The number of nitrogen functional groups attached to an aromatic ring is 1. The van der Waals surface area contributed by atoms with Gasteiger partial charge in [-0.15, -0.1) is 0 Å². The highest BCUT2D eigenvalue weighted by Gasteiger charge is 2.10. The normalized spacial score (nSPS) is 11.0. The molecule has 4 rings (SSSR count). The molecule has 0 unspecified atom stereocenters. The van der Waals surface area contributed by atoms with Gasteiger partial charge in [-0.1, -0.05) is 36.4 Å². The Hall–Kier alpha value is -3.60. The monoisotopic (exact) mass is 357 g/mol. The Bertz CT molecular complexity index is 1110. The largest absolute Gasteiger partial charge is 0.481 e. The molecule has 0 aliphatic heterocycles. The molecular formula is C22H19N3O2. The van der Waals surface area contributed by atoms with Crippen molar-refractivity contribution >= 4 is 22.7 Å². The van der Waals surface area contributed by atoms with Crippen molar-refractivity contribution in [3.05, 3.63) is 72.6 Å². The van der Waals surface area contributed by atoms with Crippen LogP contribution in [-0.4, -0.2) is 21.0 Å². The van der Waals surface area contributed by atoms with Gasteiger partial charge in [0, 0.05) is 41.0 Å². The van der Waals surface area contributed by atoms with Crippen molar-refractivity contribution in [2.24, 2.45) is 0 Å². The van der Waals surface area contributed by atoms with Gasteiger partial charge < -0.3 is 15.8 Å². The summed E-state index contributed by atoms with van der Waals surface area (Å²) in [5.41, 5.74) is 12.6. The molecular weight excluding hydrogens is 338 g/mol. The topological polar surface area (TPSA) is 92.0 Å². The van der Waals surface area contributed by atoms with Crippen molar-refractivity contribution in [3.8, 4) is 22.3 Å². The summed E-state index contributed by atoms with van der Waals surface area (Å²) in [6.45, 7) is 0. The van der Waals surface area contributed by atoms with Crippen LogP contribution in [0.1, 0.15) is 12.0 Å². The summed E-state index contributed by atoms with van der Waals surface area (Å²) < 4.78 is 0. The SMILES string of the molecule is Nc1cccc(-c2cnc3[nH]cc(-c4ccc(CCC(=O)O)cc4)c3c2)c1. The highest BCUT2D eigenvalue weighted by Crippen LogP contribution is 2.31. The van der Waals surface area contributed by atoms with E-state index in [2.05, 4.69) is 16.0 Å². The van der Waals surface area contributed by atoms with E-state index in [0.29, 0.717) is 6.42 Å². The predicted octanol–water partition coefficient (Wildman–Crippen LogP) is 4.50. The highest BCUT2D eigenvalue weighted by atomic mass is 16.4. The van der Waals surface area contributed by atoms with Gasteiger partial charge in [0.2, 0.25) is 0 Å². The van der Waals surface area contributed by atoms with Gasteiger partial charge in [-0.25, -0.2) is 4.98 Å². The molecule has 134 valence electrons. The minimum absolute atomic E-state index is 0.139. The second-order valence-electron chi connectivity index (χ2n) is 6.54. The van der Waals surface area contributed by atoms with Crippen molar-refractivity contribution in [1.82, 2.24) is 9.97 Å². The number of carboxylic acid groups (broad SMARTS) is 1. The van der Waals surface area contributed by atoms with E-state index in [0.717, 1.165) is 44.5 Å². The number of nitrogens with two attached hydrogens (primary N) is 1. The molecule has 0 spiro atoms. The number of H-pyrrole nitrogens is 1. The first-order valence-corrected chi connectivity index (χ1v) is 8.74. The Morgan fingerprint density at radius 1 is 1.04 bits per heavy atom. The molecule has 2 heterocycles. The fraction of sp³-hybridized carbons (Fsp3) is 0.0909. The number of pyridine rings is 1. The van der Waals surface area contributed by atoms with Crippen molar-refractivity contribution in [2.75, 3.05) is 5.73 Å². The van der Waals surface area contributed by atoms with E-state index in [1.807, 2.05) is 60.9 Å². The number of rotatable bonds is 5. The van der Waals surface area contributed by atoms with Crippen LogP contribution >= 0.6 is 0 Å². The van der Waals surface area contributed by atoms with Gasteiger partial charge in [0.25, 0.3) is 0 Å². The van der Waals surface area contributed by atoms with Crippen LogP contribution < -0.4 is 5.73 Å². The van der Waals surface area contributed by atoms with E-state index >= 15 is 0 Å². The number of carboxylic acids is 1. The van der Waals surface area contributed by atoms with Crippen LogP contribution in [0.2, 0.25) is 0 Å². The third kappa shape index (κ3) is 3.53. The number of nitrogens with zero attached hydrogens (tertiary/aromatic N) is 1. The summed E-state index contributed by atoms with van der Waals surface area (Å²) in [6, 6.07) is 17.9. The number of aryl methyl sites for hydroxylation is 1. The molecule has 5 heteroatoms. The van der Waals surface area contributed by atoms with E-state index in [1.165, 1.54) is 0 Å². The number of aromatic amines is 1. The first-order valence-electron chi connectivity index (χ1n) is 8.74. The fourth-order valence-corrected chi connectivity index (χ4v) is 3.22. The molecule has 0 saturated heterocycles. The second-order valence-corrected chi connectivity index (χ2v) is 6.54. The van der Waals surface area contributed by atoms with Gasteiger partial charge >= 0.3 is 5.97 Å². The maximum atomic E-state index is 10.7. The summed E-state index contributed by atoms with van der Waals surface area (Å²) >= 11 is 0. The van der Waals surface area contributed by atoms with E-state index in [4.69, 9.17) is 10.8 Å². The van der Waals surface area contributed by atoms with Crippen LogP contribution in [0.15, 0.2) is 67.0 Å². The molecule has 0 aliphatic carbocycles. The lowest BCUT2D eigenvalue weighted by molar-refractivity contribution is -0.136. The zero-order valence-corrected chi connectivity index (χ0v) is 14.6. The molecule has 0 saturated carbocycles. The van der Waals surface area contributed by atoms with Crippen LogP contribution in [0.5, 0.6) is 0 Å². The number of hydrogen-bond donors (Lipinski definition) is 3. The average Bonchev–Trinajstić information content (AvgIpc) is 3.10. The Balaban J connectivity index is 1.70. The molecule has 0 fully saturated rings. The van der Waals surface area contributed by atoms with Gasteiger partial charge in [0.15, 0.2) is 0 Å². The van der Waals surface area contributed by atoms with Crippen LogP contribution in [0.25, 0.3) is 33.3 Å². The molecule has 0 radical (unpaired) electrons. The number of benzene rings is 2. The molecule has 2 aromatic heterocycles. The van der Waals surface area contributed by atoms with Crippen LogP contribution in [0.3, 0.4) is 0 Å². The Morgan fingerprint density at radius 3 is 2.59 bits per heavy atom. The van der Waals surface area contributed by atoms with Crippen LogP contribution in [-0.2, 0) is 11.2 Å². The third-order valence-electron chi connectivity index (χ3n) is 4.64. The van der Waals surface area contributed by atoms with E-state index in [1.54, 1.807) is 0 Å². The summed E-state index contributed by atoms with van der Waals surface area (Å²) in [6.07, 6.45) is 4.46. The van der Waals surface area contributed by atoms with Gasteiger partial charge in [-0.05, 0) is 41.3 Å². The summed E-state index contributed by atoms with van der Waals surface area (Å²) in [5, 5.41) is 9.85. The smallest absolute Gasteiger partial charge is 0.303 e. The van der Waals surface area contributed by atoms with Gasteiger partial charge in [-0.3, -0.25) is 4.79 Å². The first-order chi connectivity index (χ1) is 13.1. The van der Waals surface area contributed by atoms with Gasteiger partial charge in [0.1, 0.15) is 5.65 Å². The minimum atomic E-state index is -0.782. The van der Waals surface area contributed by atoms with E-state index in [-0.39, 0.29) is 6.42 Å². The van der Waals surface area contributed by atoms with Crippen molar-refractivity contribution in [1.29, 1.82) is 0 Å². The molecule has 0 amide bonds. The summed E-state index contributed by atoms with van der Waals surface area (Å²) in [5.74, 6) is -0.782. The lowest BCUT2D eigenvalue weighted by Crippen LogP contribution is -1.97. The Morgan fingerprint density at radius 2 is 1.85 bits per heavy atom. The fourth-order valence-electron chi connectivity index (χ4n) is 3.22. The van der Waals surface area contributed by atoms with Crippen molar-refractivity contribution in [3.63, 3.8) is 0 Å². The molecule has 5 nitrogen and oxygen atoms in total. The average molecular weight is 357 g/mol. The Labute approximate surface area is 156 Å². The number of aliphatic carboxylic acids is 1. The zero-order valence-electron chi connectivity index (χ0n) is 14.6. The number of hydrogen-bond acceptors (Lipinski definition) is 3. The maximum absolute atomic E-state index is 10.7. The van der Waals surface area contributed by atoms with Crippen molar-refractivity contribution < 1.29 is 9.90 Å². The number of aromatic nitrogens is 2. The minimum Gasteiger partial charge on any atom is -0.481 e. The van der Waals surface area contributed by atoms with E-state index < -0.39 is 5.97 Å². The molecule has 0 bridgehead atoms. The molecule has 4 aromatic rings. The van der Waals surface area contributed by atoms with Crippen LogP contribution in [0.4, 0.5) is 5.69 Å². The number of fused-ring (bicyclic) bond motifs is 1. The highest BCUT2D eigenvalue weighted by molar-refractivity contribution is 5.95. The predicted molar refractivity (Wildman–Crippen MR) is 107 cm³/mol. The number of anilines is 1. The first kappa shape index (κ1) is 16.8. The number of nitrogens with one attached hydrogen (secondary N) is 1. The lowest BCUT2D eigenvalue weighted by Gasteiger charge is -2.05. The van der Waals surface area contributed by atoms with Gasteiger partial charge in [0.05, 0.1) is 0 Å². The third-order valence-corrected chi connectivity index (χ3v) is 4.64. The summed E-state index contributed by atoms with van der Waals surface area (Å²) in [4.78, 5) is 18.5. The second kappa shape index (κ2) is 6.96. The zero-order chi connectivity index (χ0) is 18.8. The molecule has 2 aromatic carbocycles. The van der Waals surface area contributed by atoms with Crippen LogP contribution in [0, 0.1) is 0 Å². The molecule has 0 atom stereocenters. The summed E-state index contributed by atoms with van der Waals surface area (Å²) in [7, 11) is 0. The standard InChI is InChI=1S/C22H19N3O2/c23-18-3-1-2-16(10-18)17-11-19-20(13-25-22(19)24-12-17)15-7-4-14(5-8-15)6-9-21(26)27/h1-5,7-8,10-13H,6,9,23H2,(H,24,25)(H,26,27). The lowest BCUT2D eigenvalue weighted by atomic mass is 10.0.